The predicted octanol–water partition coefficient (Wildman–Crippen LogP) is 6.62. The minimum atomic E-state index is -0.627. The van der Waals surface area contributed by atoms with E-state index in [0.717, 1.165) is 61.4 Å². The topological polar surface area (TPSA) is 108 Å². The third-order valence-corrected chi connectivity index (χ3v) is 12.4. The molecule has 0 saturated carbocycles. The highest BCUT2D eigenvalue weighted by molar-refractivity contribution is 5.92. The number of hydrogen-bond acceptors (Lipinski definition) is 10. The fourth-order valence-corrected chi connectivity index (χ4v) is 9.46. The molecule has 302 valence electrons. The van der Waals surface area contributed by atoms with Gasteiger partial charge in [0.05, 0.1) is 60.9 Å². The van der Waals surface area contributed by atoms with Gasteiger partial charge in [-0.3, -0.25) is 9.69 Å². The number of amides is 1. The lowest BCUT2D eigenvalue weighted by Crippen LogP contribution is -2.48. The lowest BCUT2D eigenvalue weighted by Gasteiger charge is -2.49. The van der Waals surface area contributed by atoms with Crippen LogP contribution in [0.15, 0.2) is 66.4 Å². The van der Waals surface area contributed by atoms with Gasteiger partial charge < -0.3 is 43.2 Å². The number of benzene rings is 3. The molecule has 4 aliphatic rings. The maximum absolute atomic E-state index is 15.0. The quantitative estimate of drug-likeness (QED) is 0.170. The minimum Gasteiger partial charge on any atom is -0.493 e. The fourth-order valence-electron chi connectivity index (χ4n) is 9.46. The molecule has 3 aromatic carbocycles. The summed E-state index contributed by atoms with van der Waals surface area (Å²) in [4.78, 5) is 19.7. The molecule has 11 nitrogen and oxygen atoms in total. The Morgan fingerprint density at radius 3 is 2.14 bits per heavy atom. The predicted molar refractivity (Wildman–Crippen MR) is 212 cm³/mol. The summed E-state index contributed by atoms with van der Waals surface area (Å²) in [7, 11) is 6.73. The number of ether oxygens (including phenoxy) is 7. The Kier molecular flexibility index (Phi) is 13.1. The van der Waals surface area contributed by atoms with Gasteiger partial charge in [-0.25, -0.2) is 0 Å². The van der Waals surface area contributed by atoms with E-state index >= 15 is 4.79 Å². The molecule has 56 heavy (non-hydrogen) atoms. The van der Waals surface area contributed by atoms with E-state index in [-0.39, 0.29) is 43.7 Å². The maximum Gasteiger partial charge on any atom is 0.289 e. The maximum atomic E-state index is 15.0. The molecule has 1 amide bonds. The average molecular weight is 771 g/mol. The molecular weight excluding hydrogens is 713 g/mol. The van der Waals surface area contributed by atoms with Crippen molar-refractivity contribution in [1.29, 1.82) is 0 Å². The first kappa shape index (κ1) is 39.9. The van der Waals surface area contributed by atoms with E-state index in [0.29, 0.717) is 55.1 Å². The molecule has 0 aliphatic carbocycles. The molecule has 1 fully saturated rings. The largest absolute Gasteiger partial charge is 0.493 e. The standard InChI is InChI=1S/C45H58N2O9/c1-6-29-28-46-14-12-31-22-39(50-2)41(52-4)26-35(31)37(46)20-33(29)21-38-36-27-42(53-5)40(51-3)23-32(36)13-15-47(38)45(49)43-24-34(30-10-8-7-9-11-30)25-44(56-43)55-19-18-54-17-16-48/h7-11,22-24,26-27,29,33-34,37-38,44,48H,6,12-21,25,28H2,1-5H3/t29-,33+,34-,37-,38+,44+/m0/s1. The van der Waals surface area contributed by atoms with Crippen molar-refractivity contribution >= 4 is 5.91 Å². The molecule has 7 rings (SSSR count). The van der Waals surface area contributed by atoms with Crippen LogP contribution in [0.4, 0.5) is 0 Å². The molecule has 4 aliphatic heterocycles. The van der Waals surface area contributed by atoms with Gasteiger partial charge in [0.25, 0.3) is 5.91 Å². The number of allylic oxidation sites excluding steroid dienone is 1. The Hall–Kier alpha value is -4.29. The zero-order chi connectivity index (χ0) is 39.2. The van der Waals surface area contributed by atoms with E-state index in [1.165, 1.54) is 16.7 Å². The van der Waals surface area contributed by atoms with Crippen LogP contribution in [-0.2, 0) is 31.8 Å². The SMILES string of the molecule is CC[C@H]1CN2CCc3cc(OC)c(OC)cc3[C@@H]2C[C@@H]1C[C@@H]1c2cc(OC)c(OC)cc2CCN1C(=O)C1=C[C@H](c2ccccc2)C[C@H](OCCOCCO)O1. The van der Waals surface area contributed by atoms with Crippen LogP contribution < -0.4 is 18.9 Å². The number of carbonyl (C=O) groups is 1. The summed E-state index contributed by atoms with van der Waals surface area (Å²) in [5.74, 6) is 3.80. The van der Waals surface area contributed by atoms with Crippen molar-refractivity contribution in [1.82, 2.24) is 9.80 Å². The summed E-state index contributed by atoms with van der Waals surface area (Å²) in [6.45, 7) is 5.66. The number of piperidine rings is 1. The Bertz CT molecular complexity index is 1830. The number of rotatable bonds is 15. The van der Waals surface area contributed by atoms with Crippen molar-refractivity contribution in [2.75, 3.05) is 74.5 Å². The molecule has 1 N–H and O–H groups in total. The lowest BCUT2D eigenvalue weighted by atomic mass is 9.72. The molecule has 0 spiro atoms. The van der Waals surface area contributed by atoms with Crippen molar-refractivity contribution < 1.29 is 43.1 Å². The molecule has 0 aromatic heterocycles. The summed E-state index contributed by atoms with van der Waals surface area (Å²) in [5.41, 5.74) is 6.01. The van der Waals surface area contributed by atoms with Gasteiger partial charge in [-0.05, 0) is 95.7 Å². The van der Waals surface area contributed by atoms with Gasteiger partial charge >= 0.3 is 0 Å². The number of nitrogens with zero attached hydrogens (tertiary/aromatic N) is 2. The smallest absolute Gasteiger partial charge is 0.289 e. The number of methoxy groups -OCH3 is 4. The van der Waals surface area contributed by atoms with Crippen molar-refractivity contribution in [3.63, 3.8) is 0 Å². The van der Waals surface area contributed by atoms with Crippen molar-refractivity contribution in [2.24, 2.45) is 11.8 Å². The summed E-state index contributed by atoms with van der Waals surface area (Å²) < 4.78 is 41.1. The lowest BCUT2D eigenvalue weighted by molar-refractivity contribution is -0.158. The number of fused-ring (bicyclic) bond motifs is 4. The third-order valence-electron chi connectivity index (χ3n) is 12.4. The van der Waals surface area contributed by atoms with Gasteiger partial charge in [-0.1, -0.05) is 43.7 Å². The zero-order valence-corrected chi connectivity index (χ0v) is 33.5. The van der Waals surface area contributed by atoms with Gasteiger partial charge in [0, 0.05) is 38.0 Å². The normalized spacial score (nSPS) is 24.5. The highest BCUT2D eigenvalue weighted by Crippen LogP contribution is 2.49. The Balaban J connectivity index is 1.22. The van der Waals surface area contributed by atoms with Crippen LogP contribution in [-0.4, -0.2) is 102 Å². The first-order chi connectivity index (χ1) is 27.4. The van der Waals surface area contributed by atoms with Gasteiger partial charge in [-0.2, -0.15) is 0 Å². The molecular formula is C45H58N2O9. The summed E-state index contributed by atoms with van der Waals surface area (Å²) in [6.07, 6.45) is 6.42. The Labute approximate surface area is 331 Å². The second-order valence-electron chi connectivity index (χ2n) is 15.3. The van der Waals surface area contributed by atoms with E-state index in [4.69, 9.17) is 38.3 Å². The van der Waals surface area contributed by atoms with Crippen molar-refractivity contribution in [2.45, 2.75) is 69.7 Å². The van der Waals surface area contributed by atoms with Crippen LogP contribution in [0.25, 0.3) is 0 Å². The van der Waals surface area contributed by atoms with E-state index in [2.05, 4.69) is 48.2 Å². The number of aliphatic hydroxyl groups is 1. The van der Waals surface area contributed by atoms with Crippen LogP contribution in [0, 0.1) is 11.8 Å². The first-order valence-corrected chi connectivity index (χ1v) is 20.2. The molecule has 3 aromatic rings. The second kappa shape index (κ2) is 18.3. The van der Waals surface area contributed by atoms with Gasteiger partial charge in [0.1, 0.15) is 0 Å². The molecule has 6 atom stereocenters. The molecule has 1 saturated heterocycles. The van der Waals surface area contributed by atoms with Crippen molar-refractivity contribution in [3.8, 4) is 23.0 Å². The molecule has 0 bridgehead atoms. The van der Waals surface area contributed by atoms with E-state index in [1.807, 2.05) is 29.2 Å². The highest BCUT2D eigenvalue weighted by atomic mass is 16.7. The molecule has 0 radical (unpaired) electrons. The molecule has 11 heteroatoms. The van der Waals surface area contributed by atoms with Crippen LogP contribution in [0.3, 0.4) is 0 Å². The summed E-state index contributed by atoms with van der Waals surface area (Å²) in [5, 5.41) is 9.13. The zero-order valence-electron chi connectivity index (χ0n) is 33.5. The minimum absolute atomic E-state index is 0.0494. The average Bonchev–Trinajstić information content (AvgIpc) is 3.24. The molecule has 4 heterocycles. The second-order valence-corrected chi connectivity index (χ2v) is 15.3. The highest BCUT2D eigenvalue weighted by Gasteiger charge is 2.43. The van der Waals surface area contributed by atoms with E-state index < -0.39 is 6.29 Å². The van der Waals surface area contributed by atoms with Gasteiger partial charge in [0.15, 0.2) is 28.8 Å². The summed E-state index contributed by atoms with van der Waals surface area (Å²) >= 11 is 0. The number of carbonyl (C=O) groups excluding carboxylic acids is 1. The van der Waals surface area contributed by atoms with Crippen LogP contribution in [0.5, 0.6) is 23.0 Å². The first-order valence-electron chi connectivity index (χ1n) is 20.2. The monoisotopic (exact) mass is 770 g/mol. The fraction of sp³-hybridized carbons (Fsp3) is 0.533. The third kappa shape index (κ3) is 8.37. The Morgan fingerprint density at radius 2 is 1.46 bits per heavy atom. The van der Waals surface area contributed by atoms with Gasteiger partial charge in [-0.15, -0.1) is 0 Å². The number of hydrogen-bond donors (Lipinski definition) is 1. The van der Waals surface area contributed by atoms with Crippen LogP contribution >= 0.6 is 0 Å². The van der Waals surface area contributed by atoms with Crippen LogP contribution in [0.2, 0.25) is 0 Å². The molecule has 0 unspecified atom stereocenters. The van der Waals surface area contributed by atoms with E-state index in [9.17, 15) is 0 Å². The van der Waals surface area contributed by atoms with Crippen LogP contribution in [0.1, 0.15) is 78.4 Å². The van der Waals surface area contributed by atoms with Gasteiger partial charge in [0.2, 0.25) is 6.29 Å². The summed E-state index contributed by atoms with van der Waals surface area (Å²) in [6, 6.07) is 18.8. The Morgan fingerprint density at radius 1 is 0.804 bits per heavy atom. The number of aliphatic hydroxyl groups excluding tert-OH is 1. The van der Waals surface area contributed by atoms with E-state index in [1.54, 1.807) is 28.4 Å². The van der Waals surface area contributed by atoms with Crippen molar-refractivity contribution in [3.05, 3.63) is 94.2 Å².